The number of hydrogen-bond donors (Lipinski definition) is 2. The van der Waals surface area contributed by atoms with Gasteiger partial charge in [0.25, 0.3) is 0 Å². The molecule has 1 aromatic rings. The van der Waals surface area contributed by atoms with Crippen LogP contribution in [0.5, 0.6) is 0 Å². The normalized spacial score (nSPS) is 12.4. The summed E-state index contributed by atoms with van der Waals surface area (Å²) in [4.78, 5) is 0. The molecule has 6 heteroatoms. The lowest BCUT2D eigenvalue weighted by Crippen LogP contribution is -2.01. The molecule has 1 rings (SSSR count). The molecule has 15 heavy (non-hydrogen) atoms. The maximum atomic E-state index is 8.99. The molecule has 0 spiro atoms. The number of rotatable bonds is 6. The van der Waals surface area contributed by atoms with Crippen LogP contribution in [-0.4, -0.2) is 29.3 Å². The van der Waals surface area contributed by atoms with Gasteiger partial charge in [-0.3, -0.25) is 0 Å². The van der Waals surface area contributed by atoms with Crippen molar-refractivity contribution in [2.45, 2.75) is 0 Å². The van der Waals surface area contributed by atoms with Crippen molar-refractivity contribution in [2.24, 2.45) is 0 Å². The molecule has 0 saturated carbocycles. The highest BCUT2D eigenvalue weighted by Crippen LogP contribution is 2.44. The zero-order valence-electron chi connectivity index (χ0n) is 8.17. The summed E-state index contributed by atoms with van der Waals surface area (Å²) in [6.45, 7) is 0. The van der Waals surface area contributed by atoms with Crippen LogP contribution >= 0.6 is 14.8 Å². The summed E-state index contributed by atoms with van der Waals surface area (Å²) in [6.07, 6.45) is 0.0128. The zero-order valence-corrected chi connectivity index (χ0v) is 10.9. The second-order valence-electron chi connectivity index (χ2n) is 3.08. The molecule has 1 atom stereocenters. The first-order valence-corrected chi connectivity index (χ1v) is 8.68. The molecule has 3 nitrogen and oxygen atoms in total. The van der Waals surface area contributed by atoms with E-state index in [0.29, 0.717) is 6.35 Å². The van der Waals surface area contributed by atoms with E-state index in [1.54, 1.807) is 0 Å². The van der Waals surface area contributed by atoms with Gasteiger partial charge in [0.1, 0.15) is 0 Å². The number of hydrogen-bond acceptors (Lipinski definition) is 4. The fourth-order valence-electron chi connectivity index (χ4n) is 0.866. The minimum Gasteiger partial charge on any atom is -0.391 e. The van der Waals surface area contributed by atoms with Crippen molar-refractivity contribution in [3.8, 4) is 0 Å². The SMILES string of the molecule is OCP(=S)(CO)COPc1ccccc1. The molecule has 0 amide bonds. The second-order valence-corrected chi connectivity index (χ2v) is 9.42. The number of benzene rings is 1. The smallest absolute Gasteiger partial charge is 0.0837 e. The quantitative estimate of drug-likeness (QED) is 0.759. The second kappa shape index (κ2) is 6.70. The van der Waals surface area contributed by atoms with Gasteiger partial charge < -0.3 is 14.7 Å². The maximum absolute atomic E-state index is 8.99. The van der Waals surface area contributed by atoms with Gasteiger partial charge in [0, 0.05) is 14.8 Å². The summed E-state index contributed by atoms with van der Waals surface area (Å²) >= 11 is 5.11. The van der Waals surface area contributed by atoms with E-state index < -0.39 is 6.04 Å². The Balaban J connectivity index is 2.36. The Kier molecular flexibility index (Phi) is 5.91. The van der Waals surface area contributed by atoms with E-state index in [0.717, 1.165) is 5.30 Å². The van der Waals surface area contributed by atoms with Gasteiger partial charge >= 0.3 is 0 Å². The first-order valence-electron chi connectivity index (χ1n) is 4.42. The highest BCUT2D eigenvalue weighted by molar-refractivity contribution is 8.14. The van der Waals surface area contributed by atoms with E-state index in [1.165, 1.54) is 0 Å². The summed E-state index contributed by atoms with van der Waals surface area (Å²) in [7, 11) is 0.223. The molecular weight excluding hydrogens is 250 g/mol. The first kappa shape index (κ1) is 13.2. The van der Waals surface area contributed by atoms with E-state index in [1.807, 2.05) is 30.3 Å². The Morgan fingerprint density at radius 3 is 2.33 bits per heavy atom. The standard InChI is InChI=1S/C9H14O3P2S/c10-6-14(15,7-11)8-12-13-9-4-2-1-3-5-9/h1-5,10-11,13H,6-8H2. The molecule has 0 heterocycles. The molecule has 0 saturated heterocycles. The van der Waals surface area contributed by atoms with Crippen LogP contribution in [0.1, 0.15) is 0 Å². The maximum Gasteiger partial charge on any atom is 0.0837 e. The molecule has 84 valence electrons. The van der Waals surface area contributed by atoms with Crippen molar-refractivity contribution in [2.75, 3.05) is 19.0 Å². The Labute approximate surface area is 96.3 Å². The molecule has 0 aliphatic heterocycles. The van der Waals surface area contributed by atoms with E-state index in [9.17, 15) is 0 Å². The topological polar surface area (TPSA) is 49.7 Å². The third-order valence-electron chi connectivity index (χ3n) is 1.78. The lowest BCUT2D eigenvalue weighted by Gasteiger charge is -2.15. The largest absolute Gasteiger partial charge is 0.391 e. The average molecular weight is 264 g/mol. The Hall–Kier alpha value is 0.180. The van der Waals surface area contributed by atoms with Crippen molar-refractivity contribution in [1.82, 2.24) is 0 Å². The zero-order chi connectivity index (χ0) is 11.1. The number of aliphatic hydroxyl groups excluding tert-OH is 2. The molecule has 0 fully saturated rings. The summed E-state index contributed by atoms with van der Waals surface area (Å²) in [5.41, 5.74) is 0. The van der Waals surface area contributed by atoms with Crippen LogP contribution in [0, 0.1) is 0 Å². The van der Waals surface area contributed by atoms with Crippen LogP contribution in [-0.2, 0) is 16.3 Å². The van der Waals surface area contributed by atoms with Crippen LogP contribution in [0.15, 0.2) is 30.3 Å². The predicted molar refractivity (Wildman–Crippen MR) is 68.8 cm³/mol. The Bertz CT molecular complexity index is 323. The van der Waals surface area contributed by atoms with Crippen molar-refractivity contribution < 1.29 is 14.7 Å². The molecule has 0 bridgehead atoms. The van der Waals surface area contributed by atoms with E-state index in [-0.39, 0.29) is 21.5 Å². The van der Waals surface area contributed by atoms with Crippen LogP contribution in [0.3, 0.4) is 0 Å². The van der Waals surface area contributed by atoms with Gasteiger partial charge in [0.05, 0.1) is 19.0 Å². The monoisotopic (exact) mass is 264 g/mol. The summed E-state index contributed by atoms with van der Waals surface area (Å²) in [6, 6.07) is 7.69. The minimum absolute atomic E-state index is 0.141. The van der Waals surface area contributed by atoms with Crippen molar-refractivity contribution in [3.63, 3.8) is 0 Å². The highest BCUT2D eigenvalue weighted by atomic mass is 32.4. The van der Waals surface area contributed by atoms with Crippen LogP contribution < -0.4 is 5.30 Å². The third kappa shape index (κ3) is 4.69. The van der Waals surface area contributed by atoms with Crippen molar-refractivity contribution in [3.05, 3.63) is 30.3 Å². The van der Waals surface area contributed by atoms with E-state index in [2.05, 4.69) is 0 Å². The third-order valence-corrected chi connectivity index (χ3v) is 5.52. The fraction of sp³-hybridized carbons (Fsp3) is 0.333. The fourth-order valence-corrected chi connectivity index (χ4v) is 3.29. The van der Waals surface area contributed by atoms with Gasteiger partial charge in [-0.1, -0.05) is 42.1 Å². The Morgan fingerprint density at radius 2 is 1.80 bits per heavy atom. The van der Waals surface area contributed by atoms with Gasteiger partial charge in [-0.05, 0) is 5.30 Å². The molecule has 0 aliphatic rings. The van der Waals surface area contributed by atoms with Crippen molar-refractivity contribution in [1.29, 1.82) is 0 Å². The van der Waals surface area contributed by atoms with Crippen LogP contribution in [0.4, 0.5) is 0 Å². The first-order chi connectivity index (χ1) is 7.20. The lowest BCUT2D eigenvalue weighted by atomic mass is 10.4. The van der Waals surface area contributed by atoms with Gasteiger partial charge in [0.2, 0.25) is 0 Å². The number of aliphatic hydroxyl groups is 2. The molecule has 0 aliphatic carbocycles. The lowest BCUT2D eigenvalue weighted by molar-refractivity contribution is 0.333. The predicted octanol–water partition coefficient (Wildman–Crippen LogP) is 1.26. The van der Waals surface area contributed by atoms with E-state index in [4.69, 9.17) is 26.5 Å². The molecule has 0 aromatic heterocycles. The average Bonchev–Trinajstić information content (AvgIpc) is 2.30. The summed E-state index contributed by atoms with van der Waals surface area (Å²) in [5, 5.41) is 19.1. The molecule has 1 unspecified atom stereocenters. The van der Waals surface area contributed by atoms with E-state index >= 15 is 0 Å². The molecule has 1 aromatic carbocycles. The molecule has 2 N–H and O–H groups in total. The van der Waals surface area contributed by atoms with Gasteiger partial charge in [-0.15, -0.1) is 0 Å². The van der Waals surface area contributed by atoms with Gasteiger partial charge in [-0.2, -0.15) is 0 Å². The van der Waals surface area contributed by atoms with Crippen molar-refractivity contribution >= 4 is 32.0 Å². The van der Waals surface area contributed by atoms with Crippen LogP contribution in [0.2, 0.25) is 0 Å². The minimum atomic E-state index is -2.09. The van der Waals surface area contributed by atoms with Gasteiger partial charge in [-0.25, -0.2) is 0 Å². The summed E-state index contributed by atoms with van der Waals surface area (Å²) < 4.78 is 5.42. The van der Waals surface area contributed by atoms with Crippen LogP contribution in [0.25, 0.3) is 0 Å². The summed E-state index contributed by atoms with van der Waals surface area (Å²) in [5.74, 6) is 0. The Morgan fingerprint density at radius 1 is 1.20 bits per heavy atom. The van der Waals surface area contributed by atoms with Gasteiger partial charge in [0.15, 0.2) is 0 Å². The molecule has 0 radical (unpaired) electrons. The highest BCUT2D eigenvalue weighted by Gasteiger charge is 2.14. The molecular formula is C9H14O3P2S.